The molecule has 1 amide bonds. The normalized spacial score (nSPS) is 11.5. The summed E-state index contributed by atoms with van der Waals surface area (Å²) in [4.78, 5) is 16.1. The van der Waals surface area contributed by atoms with E-state index >= 15 is 0 Å². The van der Waals surface area contributed by atoms with Crippen molar-refractivity contribution in [2.75, 3.05) is 5.32 Å². The van der Waals surface area contributed by atoms with E-state index in [-0.39, 0.29) is 24.4 Å². The van der Waals surface area contributed by atoms with Crippen LogP contribution in [0.15, 0.2) is 39.5 Å². The van der Waals surface area contributed by atoms with Gasteiger partial charge in [-0.2, -0.15) is 29.5 Å². The molecule has 0 fully saturated rings. The number of hydrogen-bond donors (Lipinski definition) is 1. The molecule has 2 heterocycles. The van der Waals surface area contributed by atoms with Gasteiger partial charge in [0.25, 0.3) is 0 Å². The Morgan fingerprint density at radius 2 is 2.12 bits per heavy atom. The van der Waals surface area contributed by atoms with Gasteiger partial charge in [0.05, 0.1) is 10.6 Å². The molecule has 1 N–H and O–H groups in total. The highest BCUT2D eigenvalue weighted by Gasteiger charge is 2.33. The number of rotatable bonds is 5. The molecular weight excluding hydrogens is 391 g/mol. The first kappa shape index (κ1) is 18.4. The second-order valence-electron chi connectivity index (χ2n) is 5.26. The van der Waals surface area contributed by atoms with Gasteiger partial charge in [0.15, 0.2) is 0 Å². The topological polar surface area (TPSA) is 68.0 Å². The Hall–Kier alpha value is -2.39. The molecule has 0 saturated carbocycles. The van der Waals surface area contributed by atoms with Crippen LogP contribution in [0.3, 0.4) is 0 Å². The number of alkyl halides is 3. The number of aryl methyl sites for hydroxylation is 1. The second-order valence-corrected chi connectivity index (χ2v) is 6.45. The van der Waals surface area contributed by atoms with Crippen LogP contribution in [0.1, 0.15) is 17.9 Å². The Labute approximate surface area is 154 Å². The number of nitrogens with zero attached hydrogens (tertiary/aromatic N) is 2. The van der Waals surface area contributed by atoms with Gasteiger partial charge < -0.3 is 9.84 Å². The highest BCUT2D eigenvalue weighted by molar-refractivity contribution is 7.08. The van der Waals surface area contributed by atoms with Crippen LogP contribution in [0.2, 0.25) is 5.02 Å². The van der Waals surface area contributed by atoms with Crippen molar-refractivity contribution >= 4 is 34.5 Å². The molecule has 0 bridgehead atoms. The molecule has 0 spiro atoms. The maximum atomic E-state index is 12.8. The van der Waals surface area contributed by atoms with Crippen LogP contribution in [0.25, 0.3) is 11.4 Å². The molecule has 2 aromatic heterocycles. The fourth-order valence-electron chi connectivity index (χ4n) is 2.13. The van der Waals surface area contributed by atoms with Crippen molar-refractivity contribution in [1.29, 1.82) is 0 Å². The summed E-state index contributed by atoms with van der Waals surface area (Å²) in [5.41, 5.74) is -0.180. The first-order valence-electron chi connectivity index (χ1n) is 7.34. The van der Waals surface area contributed by atoms with Crippen LogP contribution in [0.5, 0.6) is 0 Å². The molecule has 3 aromatic rings. The van der Waals surface area contributed by atoms with Gasteiger partial charge in [-0.05, 0) is 29.6 Å². The molecule has 3 rings (SSSR count). The number of benzene rings is 1. The molecule has 0 unspecified atom stereocenters. The van der Waals surface area contributed by atoms with Crippen LogP contribution in [0, 0.1) is 0 Å². The van der Waals surface area contributed by atoms with Crippen LogP contribution < -0.4 is 5.32 Å². The van der Waals surface area contributed by atoms with Gasteiger partial charge in [-0.15, -0.1) is 0 Å². The van der Waals surface area contributed by atoms with Gasteiger partial charge >= 0.3 is 6.18 Å². The van der Waals surface area contributed by atoms with Crippen molar-refractivity contribution in [3.8, 4) is 11.4 Å². The van der Waals surface area contributed by atoms with Crippen molar-refractivity contribution in [3.05, 3.63) is 51.5 Å². The van der Waals surface area contributed by atoms with E-state index in [1.807, 2.05) is 16.8 Å². The summed E-state index contributed by atoms with van der Waals surface area (Å²) in [6, 6.07) is 5.02. The first-order chi connectivity index (χ1) is 12.3. The van der Waals surface area contributed by atoms with E-state index in [0.717, 1.165) is 17.7 Å². The van der Waals surface area contributed by atoms with Crippen molar-refractivity contribution < 1.29 is 22.5 Å². The molecule has 26 heavy (non-hydrogen) atoms. The van der Waals surface area contributed by atoms with E-state index in [1.165, 1.54) is 17.4 Å². The third kappa shape index (κ3) is 4.41. The maximum absolute atomic E-state index is 12.8. The predicted molar refractivity (Wildman–Crippen MR) is 91.0 cm³/mol. The maximum Gasteiger partial charge on any atom is 0.417 e. The lowest BCUT2D eigenvalue weighted by atomic mass is 10.2. The lowest BCUT2D eigenvalue weighted by molar-refractivity contribution is -0.137. The second kappa shape index (κ2) is 7.46. The summed E-state index contributed by atoms with van der Waals surface area (Å²) in [6.07, 6.45) is -4.45. The van der Waals surface area contributed by atoms with E-state index in [4.69, 9.17) is 16.1 Å². The number of carbonyl (C=O) groups is 1. The Kier molecular flexibility index (Phi) is 5.28. The zero-order valence-electron chi connectivity index (χ0n) is 13.0. The fraction of sp³-hybridized carbons (Fsp3) is 0.188. The monoisotopic (exact) mass is 401 g/mol. The van der Waals surface area contributed by atoms with Gasteiger partial charge in [-0.25, -0.2) is 0 Å². The summed E-state index contributed by atoms with van der Waals surface area (Å²) >= 11 is 7.04. The molecule has 0 aliphatic rings. The molecule has 0 radical (unpaired) electrons. The standard InChI is InChI=1S/C16H11ClF3N3O2S/c17-12-2-1-10(7-11(12)16(18,19)20)21-13(24)3-4-14-22-15(23-25-14)9-5-6-26-8-9/h1-2,5-8H,3-4H2,(H,21,24). The van der Waals surface area contributed by atoms with Crippen LogP contribution in [-0.2, 0) is 17.4 Å². The van der Waals surface area contributed by atoms with Gasteiger partial charge in [0, 0.05) is 29.5 Å². The summed E-state index contributed by atoms with van der Waals surface area (Å²) in [5.74, 6) is 0.221. The highest BCUT2D eigenvalue weighted by Crippen LogP contribution is 2.36. The van der Waals surface area contributed by atoms with Crippen LogP contribution in [0.4, 0.5) is 18.9 Å². The summed E-state index contributed by atoms with van der Waals surface area (Å²) < 4.78 is 43.6. The Balaban J connectivity index is 1.60. The summed E-state index contributed by atoms with van der Waals surface area (Å²) in [7, 11) is 0. The van der Waals surface area contributed by atoms with Crippen LogP contribution in [-0.4, -0.2) is 16.0 Å². The van der Waals surface area contributed by atoms with Gasteiger partial charge in [-0.1, -0.05) is 16.8 Å². The largest absolute Gasteiger partial charge is 0.417 e. The Morgan fingerprint density at radius 1 is 1.31 bits per heavy atom. The Bertz CT molecular complexity index is 910. The van der Waals surface area contributed by atoms with Gasteiger partial charge in [0.2, 0.25) is 17.6 Å². The van der Waals surface area contributed by atoms with E-state index in [2.05, 4.69) is 15.5 Å². The smallest absolute Gasteiger partial charge is 0.339 e. The van der Waals surface area contributed by atoms with Crippen molar-refractivity contribution in [1.82, 2.24) is 10.1 Å². The zero-order chi connectivity index (χ0) is 18.7. The number of anilines is 1. The van der Waals surface area contributed by atoms with E-state index in [9.17, 15) is 18.0 Å². The van der Waals surface area contributed by atoms with Crippen molar-refractivity contribution in [3.63, 3.8) is 0 Å². The molecule has 1 aromatic carbocycles. The van der Waals surface area contributed by atoms with Gasteiger partial charge in [0.1, 0.15) is 0 Å². The SMILES string of the molecule is O=C(CCc1nc(-c2ccsc2)no1)Nc1ccc(Cl)c(C(F)(F)F)c1. The van der Waals surface area contributed by atoms with E-state index in [0.29, 0.717) is 5.82 Å². The minimum atomic E-state index is -4.60. The number of thiophene rings is 1. The molecule has 0 aliphatic heterocycles. The predicted octanol–water partition coefficient (Wildman–Crippen LogP) is 5.04. The number of aromatic nitrogens is 2. The van der Waals surface area contributed by atoms with Gasteiger partial charge in [-0.3, -0.25) is 4.79 Å². The molecule has 0 saturated heterocycles. The van der Waals surface area contributed by atoms with Crippen molar-refractivity contribution in [2.24, 2.45) is 0 Å². The van der Waals surface area contributed by atoms with Crippen molar-refractivity contribution in [2.45, 2.75) is 19.0 Å². The average molecular weight is 402 g/mol. The quantitative estimate of drug-likeness (QED) is 0.650. The third-order valence-corrected chi connectivity index (χ3v) is 4.38. The molecular formula is C16H11ClF3N3O2S. The summed E-state index contributed by atoms with van der Waals surface area (Å²) in [6.45, 7) is 0. The molecule has 136 valence electrons. The third-order valence-electron chi connectivity index (χ3n) is 3.37. The molecule has 0 atom stereocenters. The average Bonchev–Trinajstić information content (AvgIpc) is 3.25. The minimum absolute atomic E-state index is 0.0104. The lowest BCUT2D eigenvalue weighted by Gasteiger charge is -2.11. The highest BCUT2D eigenvalue weighted by atomic mass is 35.5. The zero-order valence-corrected chi connectivity index (χ0v) is 14.6. The summed E-state index contributed by atoms with van der Waals surface area (Å²) in [5, 5.41) is 9.53. The molecule has 0 aliphatic carbocycles. The number of halogens is 4. The minimum Gasteiger partial charge on any atom is -0.339 e. The number of carbonyl (C=O) groups excluding carboxylic acids is 1. The fourth-order valence-corrected chi connectivity index (χ4v) is 2.99. The lowest BCUT2D eigenvalue weighted by Crippen LogP contribution is -2.14. The number of amides is 1. The van der Waals surface area contributed by atoms with E-state index < -0.39 is 22.7 Å². The number of hydrogen-bond acceptors (Lipinski definition) is 5. The Morgan fingerprint density at radius 3 is 2.81 bits per heavy atom. The first-order valence-corrected chi connectivity index (χ1v) is 8.67. The molecule has 10 heteroatoms. The number of nitrogens with one attached hydrogen (secondary N) is 1. The van der Waals surface area contributed by atoms with Crippen LogP contribution >= 0.6 is 22.9 Å². The molecule has 5 nitrogen and oxygen atoms in total. The van der Waals surface area contributed by atoms with E-state index in [1.54, 1.807) is 0 Å².